The first-order chi connectivity index (χ1) is 11.5. The Labute approximate surface area is 151 Å². The maximum atomic E-state index is 12.2. The lowest BCUT2D eigenvalue weighted by molar-refractivity contribution is -0.121. The van der Waals surface area contributed by atoms with E-state index in [-0.39, 0.29) is 24.4 Å². The van der Waals surface area contributed by atoms with Crippen LogP contribution in [0.2, 0.25) is 10.0 Å². The molecule has 0 aliphatic heterocycles. The number of hydrogen-bond donors (Lipinski definition) is 1. The van der Waals surface area contributed by atoms with E-state index in [1.165, 1.54) is 22.2 Å². The molecular formula is C16H13Cl2N3O2S. The maximum absolute atomic E-state index is 12.2. The van der Waals surface area contributed by atoms with E-state index >= 15 is 0 Å². The van der Waals surface area contributed by atoms with Crippen LogP contribution in [0.5, 0.6) is 0 Å². The van der Waals surface area contributed by atoms with Crippen molar-refractivity contribution in [2.45, 2.75) is 19.5 Å². The molecule has 0 atom stereocenters. The van der Waals surface area contributed by atoms with Crippen molar-refractivity contribution in [2.24, 2.45) is 0 Å². The summed E-state index contributed by atoms with van der Waals surface area (Å²) in [4.78, 5) is 29.1. The second kappa shape index (κ2) is 7.34. The monoisotopic (exact) mass is 381 g/mol. The first-order valence-electron chi connectivity index (χ1n) is 7.18. The minimum absolute atomic E-state index is 0.130. The predicted octanol–water partition coefficient (Wildman–Crippen LogP) is 3.47. The molecule has 5 nitrogen and oxygen atoms in total. The van der Waals surface area contributed by atoms with Crippen LogP contribution >= 0.6 is 34.5 Å². The van der Waals surface area contributed by atoms with E-state index < -0.39 is 0 Å². The molecule has 0 fully saturated rings. The van der Waals surface area contributed by atoms with E-state index in [9.17, 15) is 9.59 Å². The van der Waals surface area contributed by atoms with Gasteiger partial charge in [0.2, 0.25) is 5.91 Å². The number of thiophene rings is 1. The second-order valence-electron chi connectivity index (χ2n) is 5.15. The summed E-state index contributed by atoms with van der Waals surface area (Å²) in [5.74, 6) is -0.168. The van der Waals surface area contributed by atoms with Gasteiger partial charge in [0.1, 0.15) is 4.83 Å². The van der Waals surface area contributed by atoms with Crippen molar-refractivity contribution < 1.29 is 4.79 Å². The normalized spacial score (nSPS) is 10.9. The van der Waals surface area contributed by atoms with Crippen molar-refractivity contribution in [3.8, 4) is 0 Å². The fourth-order valence-electron chi connectivity index (χ4n) is 2.22. The van der Waals surface area contributed by atoms with Crippen LogP contribution in [0, 0.1) is 0 Å². The van der Waals surface area contributed by atoms with Gasteiger partial charge < -0.3 is 5.32 Å². The molecule has 3 aromatic rings. The number of halogens is 2. The molecule has 1 N–H and O–H groups in total. The third-order valence-electron chi connectivity index (χ3n) is 3.52. The second-order valence-corrected chi connectivity index (χ2v) is 6.88. The Morgan fingerprint density at radius 3 is 2.92 bits per heavy atom. The molecule has 1 aromatic carbocycles. The van der Waals surface area contributed by atoms with Gasteiger partial charge in [-0.2, -0.15) is 0 Å². The summed E-state index contributed by atoms with van der Waals surface area (Å²) in [6.45, 7) is 0.587. The van der Waals surface area contributed by atoms with E-state index in [0.717, 1.165) is 5.56 Å². The summed E-state index contributed by atoms with van der Waals surface area (Å²) in [6.07, 6.45) is 1.66. The molecule has 0 bridgehead atoms. The number of nitrogens with zero attached hydrogens (tertiary/aromatic N) is 2. The minimum atomic E-state index is -0.168. The van der Waals surface area contributed by atoms with Crippen molar-refractivity contribution in [3.63, 3.8) is 0 Å². The number of carbonyl (C=O) groups excluding carboxylic acids is 1. The first-order valence-corrected chi connectivity index (χ1v) is 8.81. The van der Waals surface area contributed by atoms with Gasteiger partial charge in [-0.25, -0.2) is 4.98 Å². The van der Waals surface area contributed by atoms with Gasteiger partial charge in [-0.05, 0) is 29.1 Å². The van der Waals surface area contributed by atoms with Crippen molar-refractivity contribution in [2.75, 3.05) is 0 Å². The lowest BCUT2D eigenvalue weighted by Gasteiger charge is -2.08. The molecule has 8 heteroatoms. The summed E-state index contributed by atoms with van der Waals surface area (Å²) in [5, 5.41) is 6.24. The molecule has 0 aliphatic rings. The number of hydrogen-bond acceptors (Lipinski definition) is 4. The van der Waals surface area contributed by atoms with E-state index in [2.05, 4.69) is 10.3 Å². The zero-order chi connectivity index (χ0) is 17.1. The third kappa shape index (κ3) is 3.77. The van der Waals surface area contributed by atoms with E-state index in [4.69, 9.17) is 23.2 Å². The molecule has 2 heterocycles. The summed E-state index contributed by atoms with van der Waals surface area (Å²) < 4.78 is 1.45. The zero-order valence-electron chi connectivity index (χ0n) is 12.5. The van der Waals surface area contributed by atoms with E-state index in [1.54, 1.807) is 24.3 Å². The van der Waals surface area contributed by atoms with Crippen LogP contribution in [0.4, 0.5) is 0 Å². The number of aryl methyl sites for hydroxylation is 1. The van der Waals surface area contributed by atoms with Crippen LogP contribution in [-0.2, 0) is 17.9 Å². The van der Waals surface area contributed by atoms with E-state index in [0.29, 0.717) is 26.8 Å². The van der Waals surface area contributed by atoms with Gasteiger partial charge in [0.15, 0.2) is 0 Å². The molecule has 0 unspecified atom stereocenters. The number of carbonyl (C=O) groups is 1. The fraction of sp³-hybridized carbons (Fsp3) is 0.188. The average molecular weight is 382 g/mol. The SMILES string of the molecule is O=C(CCn1cnc2sccc2c1=O)NCc1ccc(Cl)cc1Cl. The minimum Gasteiger partial charge on any atom is -0.352 e. The maximum Gasteiger partial charge on any atom is 0.262 e. The summed E-state index contributed by atoms with van der Waals surface area (Å²) in [6, 6.07) is 6.86. The molecule has 0 aliphatic carbocycles. The topological polar surface area (TPSA) is 64.0 Å². The van der Waals surface area contributed by atoms with Crippen molar-refractivity contribution in [1.82, 2.24) is 14.9 Å². The summed E-state index contributed by atoms with van der Waals surface area (Å²) in [7, 11) is 0. The molecule has 124 valence electrons. The van der Waals surface area contributed by atoms with Gasteiger partial charge in [-0.3, -0.25) is 14.2 Å². The summed E-state index contributed by atoms with van der Waals surface area (Å²) in [5.41, 5.74) is 0.655. The first kappa shape index (κ1) is 17.0. The molecule has 0 spiro atoms. The van der Waals surface area contributed by atoms with Gasteiger partial charge in [-0.1, -0.05) is 29.3 Å². The predicted molar refractivity (Wildman–Crippen MR) is 96.8 cm³/mol. The molecule has 2 aromatic heterocycles. The van der Waals surface area contributed by atoms with Gasteiger partial charge in [0, 0.05) is 29.6 Å². The van der Waals surface area contributed by atoms with Gasteiger partial charge >= 0.3 is 0 Å². The highest BCUT2D eigenvalue weighted by molar-refractivity contribution is 7.16. The Morgan fingerprint density at radius 1 is 1.29 bits per heavy atom. The Balaban J connectivity index is 1.58. The Bertz CT molecular complexity index is 952. The van der Waals surface area contributed by atoms with Crippen LogP contribution < -0.4 is 10.9 Å². The Hall–Kier alpha value is -1.89. The number of rotatable bonds is 5. The molecule has 1 amide bonds. The molecule has 0 saturated heterocycles. The Morgan fingerprint density at radius 2 is 2.12 bits per heavy atom. The van der Waals surface area contributed by atoms with Crippen LogP contribution in [0.25, 0.3) is 10.2 Å². The van der Waals surface area contributed by atoms with Gasteiger partial charge in [-0.15, -0.1) is 11.3 Å². The Kier molecular flexibility index (Phi) is 5.18. The lowest BCUT2D eigenvalue weighted by atomic mass is 10.2. The average Bonchev–Trinajstić information content (AvgIpc) is 3.03. The van der Waals surface area contributed by atoms with Crippen LogP contribution in [0.1, 0.15) is 12.0 Å². The number of benzene rings is 1. The van der Waals surface area contributed by atoms with Crippen molar-refractivity contribution >= 4 is 50.7 Å². The van der Waals surface area contributed by atoms with Crippen LogP contribution in [-0.4, -0.2) is 15.5 Å². The fourth-order valence-corrected chi connectivity index (χ4v) is 3.42. The largest absolute Gasteiger partial charge is 0.352 e. The highest BCUT2D eigenvalue weighted by Crippen LogP contribution is 2.20. The molecule has 24 heavy (non-hydrogen) atoms. The number of nitrogens with one attached hydrogen (secondary N) is 1. The lowest BCUT2D eigenvalue weighted by Crippen LogP contribution is -2.27. The number of fused-ring (bicyclic) bond motifs is 1. The molecule has 3 rings (SSSR count). The number of amides is 1. The number of aromatic nitrogens is 2. The quantitative estimate of drug-likeness (QED) is 0.735. The molecule has 0 radical (unpaired) electrons. The van der Waals surface area contributed by atoms with Crippen LogP contribution in [0.15, 0.2) is 40.8 Å². The van der Waals surface area contributed by atoms with Crippen molar-refractivity contribution in [3.05, 3.63) is 61.9 Å². The zero-order valence-corrected chi connectivity index (χ0v) is 14.8. The highest BCUT2D eigenvalue weighted by atomic mass is 35.5. The third-order valence-corrected chi connectivity index (χ3v) is 4.93. The standard InChI is InChI=1S/C16H13Cl2N3O2S/c17-11-2-1-10(13(18)7-11)8-19-14(22)3-5-21-9-20-15-12(16(21)23)4-6-24-15/h1-2,4,6-7,9H,3,5,8H2,(H,19,22). The smallest absolute Gasteiger partial charge is 0.262 e. The van der Waals surface area contributed by atoms with Gasteiger partial charge in [0.25, 0.3) is 5.56 Å². The van der Waals surface area contributed by atoms with Crippen molar-refractivity contribution in [1.29, 1.82) is 0 Å². The molecular weight excluding hydrogens is 369 g/mol. The van der Waals surface area contributed by atoms with Gasteiger partial charge in [0.05, 0.1) is 11.7 Å². The van der Waals surface area contributed by atoms with E-state index in [1.807, 2.05) is 5.38 Å². The molecule has 0 saturated carbocycles. The highest BCUT2D eigenvalue weighted by Gasteiger charge is 2.08. The van der Waals surface area contributed by atoms with Crippen LogP contribution in [0.3, 0.4) is 0 Å². The summed E-state index contributed by atoms with van der Waals surface area (Å²) >= 11 is 13.3.